The molecule has 0 bridgehead atoms. The van der Waals surface area contributed by atoms with Crippen molar-refractivity contribution < 1.29 is 13.2 Å². The average Bonchev–Trinajstić information content (AvgIpc) is 3.06. The summed E-state index contributed by atoms with van der Waals surface area (Å²) in [7, 11) is -3.62. The Morgan fingerprint density at radius 2 is 1.78 bits per heavy atom. The maximum absolute atomic E-state index is 12.9. The summed E-state index contributed by atoms with van der Waals surface area (Å²) >= 11 is 0. The minimum Gasteiger partial charge on any atom is -0.339 e. The van der Waals surface area contributed by atoms with Crippen LogP contribution >= 0.6 is 0 Å². The molecular weight excluding hydrogens is 314 g/mol. The lowest BCUT2D eigenvalue weighted by atomic mass is 10.2. The Balaban J connectivity index is 1.82. The van der Waals surface area contributed by atoms with Crippen LogP contribution in [0.1, 0.15) is 18.4 Å². The van der Waals surface area contributed by atoms with E-state index in [1.807, 2.05) is 6.92 Å². The van der Waals surface area contributed by atoms with E-state index in [1.165, 1.54) is 4.31 Å². The minimum absolute atomic E-state index is 0.0558. The minimum atomic E-state index is -3.62. The number of sulfonamides is 1. The van der Waals surface area contributed by atoms with Gasteiger partial charge in [0.2, 0.25) is 15.9 Å². The summed E-state index contributed by atoms with van der Waals surface area (Å²) in [5, 5.41) is 3.21. The van der Waals surface area contributed by atoms with E-state index >= 15 is 0 Å². The summed E-state index contributed by atoms with van der Waals surface area (Å²) in [6.45, 7) is 5.16. The second-order valence-corrected chi connectivity index (χ2v) is 8.05. The molecule has 23 heavy (non-hydrogen) atoms. The Hall–Kier alpha value is -1.44. The second kappa shape index (κ2) is 6.59. The normalized spacial score (nSPS) is 23.2. The molecule has 2 heterocycles. The lowest BCUT2D eigenvalue weighted by Crippen LogP contribution is -2.53. The van der Waals surface area contributed by atoms with E-state index in [1.54, 1.807) is 29.2 Å². The number of nitrogens with one attached hydrogen (secondary N) is 1. The highest BCUT2D eigenvalue weighted by Crippen LogP contribution is 2.27. The van der Waals surface area contributed by atoms with Crippen molar-refractivity contribution in [2.75, 3.05) is 32.7 Å². The molecule has 2 aliphatic heterocycles. The van der Waals surface area contributed by atoms with E-state index in [4.69, 9.17) is 0 Å². The maximum atomic E-state index is 12.9. The van der Waals surface area contributed by atoms with Crippen LogP contribution in [0.15, 0.2) is 29.2 Å². The lowest BCUT2D eigenvalue weighted by Gasteiger charge is -2.32. The Morgan fingerprint density at radius 1 is 1.13 bits per heavy atom. The molecule has 3 rings (SSSR count). The summed E-state index contributed by atoms with van der Waals surface area (Å²) < 4.78 is 27.2. The molecule has 1 atom stereocenters. The number of hydrogen-bond donors (Lipinski definition) is 1. The fourth-order valence-electron chi connectivity index (χ4n) is 3.22. The zero-order chi connectivity index (χ0) is 16.4. The van der Waals surface area contributed by atoms with Crippen LogP contribution in [-0.4, -0.2) is 62.3 Å². The Kier molecular flexibility index (Phi) is 4.70. The van der Waals surface area contributed by atoms with Crippen LogP contribution in [0.2, 0.25) is 0 Å². The van der Waals surface area contributed by atoms with Gasteiger partial charge in [0, 0.05) is 32.7 Å². The maximum Gasteiger partial charge on any atom is 0.243 e. The molecule has 1 N–H and O–H groups in total. The van der Waals surface area contributed by atoms with Gasteiger partial charge in [0.15, 0.2) is 0 Å². The molecule has 0 spiro atoms. The smallest absolute Gasteiger partial charge is 0.243 e. The van der Waals surface area contributed by atoms with Crippen molar-refractivity contribution in [3.05, 3.63) is 29.8 Å². The zero-order valence-electron chi connectivity index (χ0n) is 13.4. The number of nitrogens with zero attached hydrogens (tertiary/aromatic N) is 2. The van der Waals surface area contributed by atoms with Gasteiger partial charge >= 0.3 is 0 Å². The monoisotopic (exact) mass is 337 g/mol. The highest BCUT2D eigenvalue weighted by molar-refractivity contribution is 7.89. The van der Waals surface area contributed by atoms with Gasteiger partial charge < -0.3 is 10.2 Å². The van der Waals surface area contributed by atoms with Gasteiger partial charge in [-0.3, -0.25) is 4.79 Å². The molecule has 1 aromatic rings. The van der Waals surface area contributed by atoms with Gasteiger partial charge in [0.1, 0.15) is 6.04 Å². The van der Waals surface area contributed by atoms with Crippen molar-refractivity contribution >= 4 is 15.9 Å². The Bertz CT molecular complexity index is 666. The highest BCUT2D eigenvalue weighted by Gasteiger charge is 2.41. The Morgan fingerprint density at radius 3 is 2.43 bits per heavy atom. The molecule has 0 aliphatic carbocycles. The lowest BCUT2D eigenvalue weighted by molar-refractivity contribution is -0.135. The predicted molar refractivity (Wildman–Crippen MR) is 87.5 cm³/mol. The van der Waals surface area contributed by atoms with Gasteiger partial charge in [-0.15, -0.1) is 0 Å². The molecule has 1 unspecified atom stereocenters. The quantitative estimate of drug-likeness (QED) is 0.876. The zero-order valence-corrected chi connectivity index (χ0v) is 14.2. The number of piperazine rings is 1. The number of aryl methyl sites for hydroxylation is 1. The molecule has 1 aromatic carbocycles. The van der Waals surface area contributed by atoms with Crippen LogP contribution in [0.3, 0.4) is 0 Å². The fourth-order valence-corrected chi connectivity index (χ4v) is 4.87. The number of carbonyl (C=O) groups is 1. The summed E-state index contributed by atoms with van der Waals surface area (Å²) in [5.74, 6) is -0.0558. The van der Waals surface area contributed by atoms with Gasteiger partial charge in [-0.25, -0.2) is 8.42 Å². The average molecular weight is 337 g/mol. The van der Waals surface area contributed by atoms with E-state index in [9.17, 15) is 13.2 Å². The van der Waals surface area contributed by atoms with E-state index in [0.717, 1.165) is 25.1 Å². The number of benzene rings is 1. The molecule has 1 amide bonds. The molecule has 0 saturated carbocycles. The number of carbonyl (C=O) groups excluding carboxylic acids is 1. The van der Waals surface area contributed by atoms with Crippen molar-refractivity contribution in [1.29, 1.82) is 0 Å². The topological polar surface area (TPSA) is 69.7 Å². The predicted octanol–water partition coefficient (Wildman–Crippen LogP) is 0.580. The number of rotatable bonds is 3. The standard InChI is InChI=1S/C16H23N3O3S/c1-13-4-6-14(7-5-13)23(21,22)19-10-2-3-15(19)16(20)18-11-8-17-9-12-18/h4-7,15,17H,2-3,8-12H2,1H3. The van der Waals surface area contributed by atoms with Gasteiger partial charge in [-0.2, -0.15) is 4.31 Å². The van der Waals surface area contributed by atoms with Gasteiger partial charge in [0.25, 0.3) is 0 Å². The highest BCUT2D eigenvalue weighted by atomic mass is 32.2. The van der Waals surface area contributed by atoms with Crippen molar-refractivity contribution in [2.45, 2.75) is 30.7 Å². The van der Waals surface area contributed by atoms with Gasteiger partial charge in [-0.1, -0.05) is 17.7 Å². The molecule has 0 aromatic heterocycles. The van der Waals surface area contributed by atoms with Crippen LogP contribution in [0.5, 0.6) is 0 Å². The second-order valence-electron chi connectivity index (χ2n) is 6.16. The first kappa shape index (κ1) is 16.4. The Labute approximate surface area is 137 Å². The largest absolute Gasteiger partial charge is 0.339 e. The SMILES string of the molecule is Cc1ccc(S(=O)(=O)N2CCCC2C(=O)N2CCNCC2)cc1. The van der Waals surface area contributed by atoms with Crippen molar-refractivity contribution in [3.63, 3.8) is 0 Å². The molecule has 6 nitrogen and oxygen atoms in total. The van der Waals surface area contributed by atoms with Crippen LogP contribution in [0, 0.1) is 6.92 Å². The van der Waals surface area contributed by atoms with Crippen LogP contribution in [0.25, 0.3) is 0 Å². The molecule has 2 fully saturated rings. The molecular formula is C16H23N3O3S. The number of hydrogen-bond acceptors (Lipinski definition) is 4. The fraction of sp³-hybridized carbons (Fsp3) is 0.562. The molecule has 2 aliphatic rings. The first-order valence-electron chi connectivity index (χ1n) is 8.08. The molecule has 0 radical (unpaired) electrons. The van der Waals surface area contributed by atoms with E-state index in [-0.39, 0.29) is 10.8 Å². The van der Waals surface area contributed by atoms with Crippen molar-refractivity contribution in [1.82, 2.24) is 14.5 Å². The molecule has 7 heteroatoms. The summed E-state index contributed by atoms with van der Waals surface area (Å²) in [6, 6.07) is 6.26. The third-order valence-corrected chi connectivity index (χ3v) is 6.47. The van der Waals surface area contributed by atoms with Gasteiger partial charge in [-0.05, 0) is 31.9 Å². The number of amides is 1. The summed E-state index contributed by atoms with van der Waals surface area (Å²) in [5.41, 5.74) is 1.01. The van der Waals surface area contributed by atoms with Crippen LogP contribution in [0.4, 0.5) is 0 Å². The third-order valence-electron chi connectivity index (χ3n) is 4.54. The van der Waals surface area contributed by atoms with Crippen LogP contribution in [-0.2, 0) is 14.8 Å². The van der Waals surface area contributed by atoms with Crippen molar-refractivity contribution in [3.8, 4) is 0 Å². The van der Waals surface area contributed by atoms with Crippen LogP contribution < -0.4 is 5.32 Å². The van der Waals surface area contributed by atoms with Crippen molar-refractivity contribution in [2.24, 2.45) is 0 Å². The first-order valence-corrected chi connectivity index (χ1v) is 9.52. The van der Waals surface area contributed by atoms with E-state index in [0.29, 0.717) is 26.1 Å². The van der Waals surface area contributed by atoms with E-state index in [2.05, 4.69) is 5.32 Å². The molecule has 126 valence electrons. The summed E-state index contributed by atoms with van der Waals surface area (Å²) in [4.78, 5) is 14.8. The summed E-state index contributed by atoms with van der Waals surface area (Å²) in [6.07, 6.45) is 1.33. The molecule has 2 saturated heterocycles. The third kappa shape index (κ3) is 3.27. The van der Waals surface area contributed by atoms with Gasteiger partial charge in [0.05, 0.1) is 4.90 Å². The first-order chi connectivity index (χ1) is 11.0. The van der Waals surface area contributed by atoms with E-state index < -0.39 is 16.1 Å².